The number of aliphatic hydroxyl groups excluding tert-OH is 2. The van der Waals surface area contributed by atoms with Gasteiger partial charge >= 0.3 is 0 Å². The largest absolute Gasteiger partial charge is 0.394 e. The molecule has 0 amide bonds. The molecule has 15 heavy (non-hydrogen) atoms. The molecule has 0 fully saturated rings. The van der Waals surface area contributed by atoms with Gasteiger partial charge in [0.2, 0.25) is 0 Å². The maximum atomic E-state index is 8.74. The lowest BCUT2D eigenvalue weighted by Gasteiger charge is -2.12. The highest BCUT2D eigenvalue weighted by Crippen LogP contribution is 2.09. The minimum Gasteiger partial charge on any atom is -0.394 e. The van der Waals surface area contributed by atoms with Crippen molar-refractivity contribution in [1.29, 1.82) is 0 Å². The standard InChI is InChI=1S/C12H26O3/c1-11(2)7-5-3-4-6-8-15-12(9-13)10-14/h11-14H,3-10H2,1-2H3. The maximum absolute atomic E-state index is 8.74. The van der Waals surface area contributed by atoms with E-state index >= 15 is 0 Å². The third kappa shape index (κ3) is 10.2. The predicted molar refractivity (Wildman–Crippen MR) is 61.8 cm³/mol. The van der Waals surface area contributed by atoms with Crippen LogP contribution in [-0.4, -0.2) is 36.1 Å². The first-order valence-corrected chi connectivity index (χ1v) is 6.04. The van der Waals surface area contributed by atoms with Crippen LogP contribution in [0.4, 0.5) is 0 Å². The van der Waals surface area contributed by atoms with Crippen LogP contribution in [0, 0.1) is 5.92 Å². The average molecular weight is 218 g/mol. The molecule has 0 spiro atoms. The minimum absolute atomic E-state index is 0.0934. The first-order valence-electron chi connectivity index (χ1n) is 6.04. The fourth-order valence-corrected chi connectivity index (χ4v) is 1.42. The van der Waals surface area contributed by atoms with E-state index in [0.717, 1.165) is 12.3 Å². The van der Waals surface area contributed by atoms with E-state index in [1.54, 1.807) is 0 Å². The van der Waals surface area contributed by atoms with Gasteiger partial charge in [-0.15, -0.1) is 0 Å². The summed E-state index contributed by atoms with van der Waals surface area (Å²) in [6.45, 7) is 4.95. The van der Waals surface area contributed by atoms with Gasteiger partial charge in [0.1, 0.15) is 6.10 Å². The summed E-state index contributed by atoms with van der Waals surface area (Å²) in [5.74, 6) is 0.800. The van der Waals surface area contributed by atoms with Crippen LogP contribution in [0.25, 0.3) is 0 Å². The van der Waals surface area contributed by atoms with Crippen molar-refractivity contribution in [3.05, 3.63) is 0 Å². The molecule has 0 bridgehead atoms. The van der Waals surface area contributed by atoms with Gasteiger partial charge in [0, 0.05) is 6.61 Å². The molecule has 3 heteroatoms. The van der Waals surface area contributed by atoms with Crippen molar-refractivity contribution in [1.82, 2.24) is 0 Å². The normalized spacial score (nSPS) is 11.6. The minimum atomic E-state index is -0.388. The van der Waals surface area contributed by atoms with Crippen molar-refractivity contribution in [2.45, 2.75) is 52.1 Å². The van der Waals surface area contributed by atoms with Gasteiger partial charge in [0.15, 0.2) is 0 Å². The molecule has 0 aliphatic rings. The molecule has 0 aliphatic carbocycles. The van der Waals surface area contributed by atoms with Gasteiger partial charge in [-0.3, -0.25) is 0 Å². The number of rotatable bonds is 10. The van der Waals surface area contributed by atoms with Gasteiger partial charge in [-0.05, 0) is 12.3 Å². The van der Waals surface area contributed by atoms with Gasteiger partial charge in [0.25, 0.3) is 0 Å². The van der Waals surface area contributed by atoms with Gasteiger partial charge in [-0.2, -0.15) is 0 Å². The highest BCUT2D eigenvalue weighted by Gasteiger charge is 2.04. The molecule has 0 rings (SSSR count). The summed E-state index contributed by atoms with van der Waals surface area (Å²) in [4.78, 5) is 0. The molecule has 0 heterocycles. The van der Waals surface area contributed by atoms with Crippen LogP contribution < -0.4 is 0 Å². The number of ether oxygens (including phenoxy) is 1. The van der Waals surface area contributed by atoms with Crippen LogP contribution in [0.3, 0.4) is 0 Å². The zero-order valence-corrected chi connectivity index (χ0v) is 10.1. The Balaban J connectivity index is 3.10. The summed E-state index contributed by atoms with van der Waals surface area (Å²) in [5, 5.41) is 17.5. The van der Waals surface area contributed by atoms with E-state index in [9.17, 15) is 0 Å². The van der Waals surface area contributed by atoms with Crippen molar-refractivity contribution >= 4 is 0 Å². The lowest BCUT2D eigenvalue weighted by atomic mass is 10.0. The number of aliphatic hydroxyl groups is 2. The van der Waals surface area contributed by atoms with Gasteiger partial charge < -0.3 is 14.9 Å². The summed E-state index contributed by atoms with van der Waals surface area (Å²) < 4.78 is 5.27. The fourth-order valence-electron chi connectivity index (χ4n) is 1.42. The SMILES string of the molecule is CC(C)CCCCCCOC(CO)CO. The molecule has 0 atom stereocenters. The highest BCUT2D eigenvalue weighted by atomic mass is 16.5. The fraction of sp³-hybridized carbons (Fsp3) is 1.00. The topological polar surface area (TPSA) is 49.7 Å². The zero-order valence-electron chi connectivity index (χ0n) is 10.1. The predicted octanol–water partition coefficient (Wildman–Crippen LogP) is 1.96. The molecular formula is C12H26O3. The Kier molecular flexibility index (Phi) is 10.3. The lowest BCUT2D eigenvalue weighted by molar-refractivity contribution is -0.0208. The second-order valence-corrected chi connectivity index (χ2v) is 4.45. The molecule has 0 unspecified atom stereocenters. The first kappa shape index (κ1) is 14.9. The van der Waals surface area contributed by atoms with Gasteiger partial charge in [0.05, 0.1) is 13.2 Å². The van der Waals surface area contributed by atoms with Crippen LogP contribution >= 0.6 is 0 Å². The van der Waals surface area contributed by atoms with E-state index in [1.807, 2.05) is 0 Å². The lowest BCUT2D eigenvalue weighted by Crippen LogP contribution is -2.22. The maximum Gasteiger partial charge on any atom is 0.104 e. The Morgan fingerprint density at radius 3 is 2.07 bits per heavy atom. The second kappa shape index (κ2) is 10.4. The number of hydrogen-bond donors (Lipinski definition) is 2. The molecule has 0 aliphatic heterocycles. The van der Waals surface area contributed by atoms with E-state index in [1.165, 1.54) is 25.7 Å². The van der Waals surface area contributed by atoms with Crippen molar-refractivity contribution in [3.8, 4) is 0 Å². The third-order valence-electron chi connectivity index (χ3n) is 2.44. The van der Waals surface area contributed by atoms with Crippen LogP contribution in [0.1, 0.15) is 46.0 Å². The number of unbranched alkanes of at least 4 members (excludes halogenated alkanes) is 3. The van der Waals surface area contributed by atoms with Crippen LogP contribution in [0.5, 0.6) is 0 Å². The van der Waals surface area contributed by atoms with Crippen molar-refractivity contribution in [2.75, 3.05) is 19.8 Å². The molecule has 2 N–H and O–H groups in total. The summed E-state index contributed by atoms with van der Waals surface area (Å²) in [7, 11) is 0. The van der Waals surface area contributed by atoms with Gasteiger partial charge in [-0.1, -0.05) is 39.5 Å². The van der Waals surface area contributed by atoms with Crippen molar-refractivity contribution < 1.29 is 14.9 Å². The molecule has 3 nitrogen and oxygen atoms in total. The van der Waals surface area contributed by atoms with E-state index in [0.29, 0.717) is 6.61 Å². The smallest absolute Gasteiger partial charge is 0.104 e. The Labute approximate surface area is 93.5 Å². The molecule has 0 aromatic rings. The molecule has 0 saturated heterocycles. The summed E-state index contributed by atoms with van der Waals surface area (Å²) in [6, 6.07) is 0. The Bertz CT molecular complexity index is 122. The monoisotopic (exact) mass is 218 g/mol. The zero-order chi connectivity index (χ0) is 11.5. The molecule has 0 aromatic carbocycles. The number of hydrogen-bond acceptors (Lipinski definition) is 3. The third-order valence-corrected chi connectivity index (χ3v) is 2.44. The Hall–Kier alpha value is -0.120. The summed E-state index contributed by atoms with van der Waals surface area (Å²) >= 11 is 0. The van der Waals surface area contributed by atoms with Gasteiger partial charge in [-0.25, -0.2) is 0 Å². The Morgan fingerprint density at radius 2 is 1.53 bits per heavy atom. The Morgan fingerprint density at radius 1 is 0.933 bits per heavy atom. The average Bonchev–Trinajstić information content (AvgIpc) is 2.22. The quantitative estimate of drug-likeness (QED) is 0.551. The molecule has 92 valence electrons. The van der Waals surface area contributed by atoms with Crippen LogP contribution in [0.2, 0.25) is 0 Å². The first-order chi connectivity index (χ1) is 7.20. The van der Waals surface area contributed by atoms with E-state index < -0.39 is 0 Å². The molecular weight excluding hydrogens is 192 g/mol. The van der Waals surface area contributed by atoms with Crippen molar-refractivity contribution in [2.24, 2.45) is 5.92 Å². The van der Waals surface area contributed by atoms with Crippen molar-refractivity contribution in [3.63, 3.8) is 0 Å². The molecule has 0 aromatic heterocycles. The second-order valence-electron chi connectivity index (χ2n) is 4.45. The van der Waals surface area contributed by atoms with E-state index in [4.69, 9.17) is 14.9 Å². The molecule has 0 saturated carbocycles. The summed E-state index contributed by atoms with van der Waals surface area (Å²) in [6.07, 6.45) is 5.66. The summed E-state index contributed by atoms with van der Waals surface area (Å²) in [5.41, 5.74) is 0. The highest BCUT2D eigenvalue weighted by molar-refractivity contribution is 4.52. The van der Waals surface area contributed by atoms with E-state index in [-0.39, 0.29) is 19.3 Å². The van der Waals surface area contributed by atoms with Crippen LogP contribution in [0.15, 0.2) is 0 Å². The molecule has 0 radical (unpaired) electrons. The van der Waals surface area contributed by atoms with E-state index in [2.05, 4.69) is 13.8 Å². The van der Waals surface area contributed by atoms with Crippen LogP contribution in [-0.2, 0) is 4.74 Å².